The third-order valence-corrected chi connectivity index (χ3v) is 5.00. The second-order valence-electron chi connectivity index (χ2n) is 6.27. The second kappa shape index (κ2) is 8.70. The largest absolute Gasteiger partial charge is 0.489 e. The maximum absolute atomic E-state index is 12.4. The zero-order chi connectivity index (χ0) is 20.1. The Hall–Kier alpha value is -3.45. The number of esters is 1. The molecule has 0 radical (unpaired) electrons. The van der Waals surface area contributed by atoms with E-state index in [4.69, 9.17) is 13.9 Å². The molecule has 7 heteroatoms. The Balaban J connectivity index is 1.34. The minimum Gasteiger partial charge on any atom is -0.489 e. The summed E-state index contributed by atoms with van der Waals surface area (Å²) in [5.74, 6) is 1.02. The highest BCUT2D eigenvalue weighted by molar-refractivity contribution is 7.13. The molecule has 6 nitrogen and oxygen atoms in total. The number of hydrogen-bond donors (Lipinski definition) is 0. The van der Waals surface area contributed by atoms with E-state index in [9.17, 15) is 4.79 Å². The van der Waals surface area contributed by atoms with Crippen LogP contribution in [0, 0.1) is 0 Å². The van der Waals surface area contributed by atoms with Crippen molar-refractivity contribution in [3.63, 3.8) is 0 Å². The highest BCUT2D eigenvalue weighted by atomic mass is 32.1. The lowest BCUT2D eigenvalue weighted by Gasteiger charge is -2.10. The highest BCUT2D eigenvalue weighted by Gasteiger charge is 2.20. The van der Waals surface area contributed by atoms with Crippen molar-refractivity contribution >= 4 is 17.3 Å². The Kier molecular flexibility index (Phi) is 5.67. The Morgan fingerprint density at radius 2 is 1.83 bits per heavy atom. The Morgan fingerprint density at radius 3 is 2.55 bits per heavy atom. The van der Waals surface area contributed by atoms with E-state index in [1.807, 2.05) is 60.0 Å². The molecule has 4 aromatic rings. The first-order chi connectivity index (χ1) is 14.2. The normalized spacial score (nSPS) is 11.8. The lowest BCUT2D eigenvalue weighted by molar-refractivity contribution is 0.0280. The number of carbonyl (C=O) groups excluding carboxylic acids is 1. The van der Waals surface area contributed by atoms with Crippen molar-refractivity contribution in [2.45, 2.75) is 19.6 Å². The molecule has 0 bridgehead atoms. The number of aromatic nitrogens is 2. The fourth-order valence-electron chi connectivity index (χ4n) is 2.60. The van der Waals surface area contributed by atoms with Gasteiger partial charge < -0.3 is 13.9 Å². The first-order valence-corrected chi connectivity index (χ1v) is 9.92. The number of para-hydroxylation sites is 1. The van der Waals surface area contributed by atoms with Crippen molar-refractivity contribution in [2.24, 2.45) is 0 Å². The van der Waals surface area contributed by atoms with E-state index in [1.54, 1.807) is 19.1 Å². The SMILES string of the molecule is CC(OC(=O)c1ccc(COc2ccccc2)cc1)c1nnc(-c2cccs2)o1. The molecule has 0 spiro atoms. The first kappa shape index (κ1) is 18.9. The minimum absolute atomic E-state index is 0.259. The van der Waals surface area contributed by atoms with Gasteiger partial charge in [-0.15, -0.1) is 21.5 Å². The van der Waals surface area contributed by atoms with Crippen molar-refractivity contribution in [1.29, 1.82) is 0 Å². The lowest BCUT2D eigenvalue weighted by atomic mass is 10.1. The van der Waals surface area contributed by atoms with Crippen molar-refractivity contribution < 1.29 is 18.7 Å². The number of hydrogen-bond acceptors (Lipinski definition) is 7. The summed E-state index contributed by atoms with van der Waals surface area (Å²) in [5, 5.41) is 9.92. The quantitative estimate of drug-likeness (QED) is 0.388. The van der Waals surface area contributed by atoms with Gasteiger partial charge >= 0.3 is 5.97 Å². The van der Waals surface area contributed by atoms with Gasteiger partial charge in [0.15, 0.2) is 6.10 Å². The number of nitrogens with zero attached hydrogens (tertiary/aromatic N) is 2. The van der Waals surface area contributed by atoms with Crippen LogP contribution in [-0.2, 0) is 11.3 Å². The van der Waals surface area contributed by atoms with Gasteiger partial charge in [-0.2, -0.15) is 0 Å². The molecule has 29 heavy (non-hydrogen) atoms. The summed E-state index contributed by atoms with van der Waals surface area (Å²) in [4.78, 5) is 13.3. The van der Waals surface area contributed by atoms with Gasteiger partial charge in [-0.05, 0) is 48.2 Å². The number of thiophene rings is 1. The van der Waals surface area contributed by atoms with E-state index >= 15 is 0 Å². The molecule has 2 aromatic carbocycles. The Morgan fingerprint density at radius 1 is 1.03 bits per heavy atom. The topological polar surface area (TPSA) is 74.5 Å². The summed E-state index contributed by atoms with van der Waals surface area (Å²) in [6.45, 7) is 2.12. The number of ether oxygens (including phenoxy) is 2. The Bertz CT molecular complexity index is 1060. The molecule has 0 saturated carbocycles. The molecule has 0 fully saturated rings. The molecule has 0 aliphatic rings. The van der Waals surface area contributed by atoms with Crippen LogP contribution in [0.5, 0.6) is 5.75 Å². The van der Waals surface area contributed by atoms with E-state index in [1.165, 1.54) is 11.3 Å². The average Bonchev–Trinajstić information content (AvgIpc) is 3.45. The molecule has 4 rings (SSSR count). The van der Waals surface area contributed by atoms with Crippen LogP contribution in [-0.4, -0.2) is 16.2 Å². The summed E-state index contributed by atoms with van der Waals surface area (Å²) in [6.07, 6.45) is -0.648. The molecule has 0 saturated heterocycles. The molecular weight excluding hydrogens is 388 g/mol. The number of carbonyl (C=O) groups is 1. The molecule has 1 atom stereocenters. The summed E-state index contributed by atoms with van der Waals surface area (Å²) in [7, 11) is 0. The fourth-order valence-corrected chi connectivity index (χ4v) is 3.24. The summed E-state index contributed by atoms with van der Waals surface area (Å²) >= 11 is 1.50. The van der Waals surface area contributed by atoms with Gasteiger partial charge in [0.1, 0.15) is 12.4 Å². The molecule has 146 valence electrons. The van der Waals surface area contributed by atoms with Gasteiger partial charge in [0.05, 0.1) is 10.4 Å². The molecule has 0 amide bonds. The highest BCUT2D eigenvalue weighted by Crippen LogP contribution is 2.26. The summed E-state index contributed by atoms with van der Waals surface area (Å²) in [6, 6.07) is 20.5. The van der Waals surface area contributed by atoms with Crippen LogP contribution in [0.3, 0.4) is 0 Å². The van der Waals surface area contributed by atoms with Crippen LogP contribution >= 0.6 is 11.3 Å². The van der Waals surface area contributed by atoms with Gasteiger partial charge in [-0.25, -0.2) is 4.79 Å². The molecule has 0 aliphatic heterocycles. The molecule has 2 aromatic heterocycles. The average molecular weight is 406 g/mol. The van der Waals surface area contributed by atoms with Crippen molar-refractivity contribution in [1.82, 2.24) is 10.2 Å². The maximum Gasteiger partial charge on any atom is 0.338 e. The monoisotopic (exact) mass is 406 g/mol. The van der Waals surface area contributed by atoms with E-state index in [2.05, 4.69) is 10.2 Å². The van der Waals surface area contributed by atoms with E-state index in [0.29, 0.717) is 18.1 Å². The van der Waals surface area contributed by atoms with Gasteiger partial charge in [-0.1, -0.05) is 36.4 Å². The van der Waals surface area contributed by atoms with E-state index in [-0.39, 0.29) is 5.89 Å². The van der Waals surface area contributed by atoms with Crippen LogP contribution in [0.4, 0.5) is 0 Å². The molecule has 0 N–H and O–H groups in total. The van der Waals surface area contributed by atoms with Crippen LogP contribution < -0.4 is 4.74 Å². The molecule has 2 heterocycles. The number of benzene rings is 2. The van der Waals surface area contributed by atoms with E-state index < -0.39 is 12.1 Å². The standard InChI is InChI=1S/C22H18N2O4S/c1-15(20-23-24-21(28-20)19-8-5-13-29-19)27-22(25)17-11-9-16(10-12-17)14-26-18-6-3-2-4-7-18/h2-13,15H,14H2,1H3. The zero-order valence-corrected chi connectivity index (χ0v) is 16.5. The lowest BCUT2D eigenvalue weighted by Crippen LogP contribution is -2.09. The van der Waals surface area contributed by atoms with Gasteiger partial charge in [0.2, 0.25) is 0 Å². The van der Waals surface area contributed by atoms with E-state index in [0.717, 1.165) is 16.2 Å². The van der Waals surface area contributed by atoms with Crippen LogP contribution in [0.25, 0.3) is 10.8 Å². The van der Waals surface area contributed by atoms with Crippen molar-refractivity contribution in [2.75, 3.05) is 0 Å². The summed E-state index contributed by atoms with van der Waals surface area (Å²) in [5.41, 5.74) is 1.40. The second-order valence-corrected chi connectivity index (χ2v) is 7.22. The van der Waals surface area contributed by atoms with Gasteiger partial charge in [0, 0.05) is 0 Å². The molecule has 0 aliphatic carbocycles. The van der Waals surface area contributed by atoms with Gasteiger partial charge in [0.25, 0.3) is 11.8 Å². The smallest absolute Gasteiger partial charge is 0.338 e. The first-order valence-electron chi connectivity index (χ1n) is 9.04. The fraction of sp³-hybridized carbons (Fsp3) is 0.136. The number of rotatable bonds is 7. The van der Waals surface area contributed by atoms with Crippen molar-refractivity contribution in [3.8, 4) is 16.5 Å². The van der Waals surface area contributed by atoms with Crippen molar-refractivity contribution in [3.05, 3.63) is 89.1 Å². The minimum atomic E-state index is -0.648. The summed E-state index contributed by atoms with van der Waals surface area (Å²) < 4.78 is 16.8. The maximum atomic E-state index is 12.4. The third-order valence-electron chi connectivity index (χ3n) is 4.14. The van der Waals surface area contributed by atoms with Crippen LogP contribution in [0.15, 0.2) is 76.5 Å². The van der Waals surface area contributed by atoms with Crippen LogP contribution in [0.2, 0.25) is 0 Å². The third kappa shape index (κ3) is 4.70. The predicted octanol–water partition coefficient (Wildman–Crippen LogP) is 5.30. The Labute approximate surface area is 171 Å². The van der Waals surface area contributed by atoms with Crippen LogP contribution in [0.1, 0.15) is 34.8 Å². The molecular formula is C22H18N2O4S. The van der Waals surface area contributed by atoms with Gasteiger partial charge in [-0.3, -0.25) is 0 Å². The zero-order valence-electron chi connectivity index (χ0n) is 15.6. The molecule has 1 unspecified atom stereocenters. The predicted molar refractivity (Wildman–Crippen MR) is 109 cm³/mol.